The molecule has 164 valence electrons. The van der Waals surface area contributed by atoms with Gasteiger partial charge in [-0.1, -0.05) is 12.1 Å². The first-order chi connectivity index (χ1) is 15.3. The number of hydrogen-bond donors (Lipinski definition) is 2. The highest BCUT2D eigenvalue weighted by Gasteiger charge is 2.24. The summed E-state index contributed by atoms with van der Waals surface area (Å²) in [6, 6.07) is 7.97. The number of halogens is 2. The minimum atomic E-state index is -2.88. The Labute approximate surface area is 179 Å². The van der Waals surface area contributed by atoms with Crippen molar-refractivity contribution in [2.75, 3.05) is 12.4 Å². The highest BCUT2D eigenvalue weighted by molar-refractivity contribution is 6.10. The second kappa shape index (κ2) is 8.06. The molecule has 0 saturated heterocycles. The molecule has 0 atom stereocenters. The van der Waals surface area contributed by atoms with E-state index in [1.165, 1.54) is 31.1 Å². The predicted octanol–water partition coefficient (Wildman–Crippen LogP) is 2.43. The summed E-state index contributed by atoms with van der Waals surface area (Å²) in [7, 11) is 2.94. The number of fused-ring (bicyclic) bond motifs is 1. The Balaban J connectivity index is 1.84. The van der Waals surface area contributed by atoms with Gasteiger partial charge in [-0.2, -0.15) is 10.2 Å². The molecular formula is C20H17F2N7O3. The molecule has 4 rings (SSSR count). The normalized spacial score (nSPS) is 11.2. The minimum Gasteiger partial charge on any atom is -0.496 e. The molecule has 2 amide bonds. The van der Waals surface area contributed by atoms with Gasteiger partial charge in [0.05, 0.1) is 30.9 Å². The van der Waals surface area contributed by atoms with Gasteiger partial charge < -0.3 is 15.8 Å². The summed E-state index contributed by atoms with van der Waals surface area (Å²) >= 11 is 0. The van der Waals surface area contributed by atoms with Crippen LogP contribution in [0.15, 0.2) is 42.7 Å². The van der Waals surface area contributed by atoms with E-state index in [0.29, 0.717) is 11.3 Å². The van der Waals surface area contributed by atoms with Gasteiger partial charge in [-0.3, -0.25) is 14.3 Å². The summed E-state index contributed by atoms with van der Waals surface area (Å²) in [5, 5.41) is 10.3. The van der Waals surface area contributed by atoms with Crippen LogP contribution in [0.5, 0.6) is 5.75 Å². The molecule has 1 aromatic carbocycles. The number of nitrogens with two attached hydrogens (primary N) is 1. The van der Waals surface area contributed by atoms with Crippen LogP contribution in [0.25, 0.3) is 16.9 Å². The van der Waals surface area contributed by atoms with E-state index >= 15 is 0 Å². The third kappa shape index (κ3) is 3.51. The van der Waals surface area contributed by atoms with Gasteiger partial charge in [0.25, 0.3) is 18.2 Å². The van der Waals surface area contributed by atoms with Crippen molar-refractivity contribution in [3.8, 4) is 17.0 Å². The van der Waals surface area contributed by atoms with Crippen molar-refractivity contribution < 1.29 is 23.1 Å². The second-order valence-corrected chi connectivity index (χ2v) is 6.71. The van der Waals surface area contributed by atoms with E-state index in [9.17, 15) is 18.4 Å². The number of aryl methyl sites for hydroxylation is 1. The Morgan fingerprint density at radius 1 is 1.19 bits per heavy atom. The maximum absolute atomic E-state index is 13.8. The molecule has 3 N–H and O–H groups in total. The predicted molar refractivity (Wildman–Crippen MR) is 110 cm³/mol. The number of nitrogens with zero attached hydrogens (tertiary/aromatic N) is 5. The minimum absolute atomic E-state index is 0.0224. The van der Waals surface area contributed by atoms with E-state index in [1.54, 1.807) is 24.3 Å². The van der Waals surface area contributed by atoms with E-state index in [2.05, 4.69) is 20.5 Å². The standard InChI is InChI=1S/C20H17F2N7O3/c1-28-16(18(23)30)13(9-24-28)27-20(31)11-8-25-29-14(17(21)22)7-12(26-19(11)29)10-5-3-4-6-15(10)32-2/h3-9,17H,1-2H3,(H2,23,30)(H,27,31). The molecule has 0 aliphatic rings. The second-order valence-electron chi connectivity index (χ2n) is 6.71. The Kier molecular flexibility index (Phi) is 5.26. The lowest BCUT2D eigenvalue weighted by Crippen LogP contribution is -2.20. The number of carbonyl (C=O) groups is 2. The number of hydrogen-bond acceptors (Lipinski definition) is 6. The smallest absolute Gasteiger partial charge is 0.280 e. The fourth-order valence-electron chi connectivity index (χ4n) is 3.31. The largest absolute Gasteiger partial charge is 0.496 e. The zero-order chi connectivity index (χ0) is 23.0. The summed E-state index contributed by atoms with van der Waals surface area (Å²) in [6.45, 7) is 0. The van der Waals surface area contributed by atoms with Crippen LogP contribution in [0.3, 0.4) is 0 Å². The molecule has 0 aliphatic heterocycles. The quantitative estimate of drug-likeness (QED) is 0.473. The van der Waals surface area contributed by atoms with Crippen molar-refractivity contribution in [3.05, 3.63) is 59.7 Å². The van der Waals surface area contributed by atoms with Crippen molar-refractivity contribution in [2.45, 2.75) is 6.43 Å². The maximum atomic E-state index is 13.8. The number of benzene rings is 1. The number of alkyl halides is 2. The fraction of sp³-hybridized carbons (Fsp3) is 0.150. The fourth-order valence-corrected chi connectivity index (χ4v) is 3.31. The first-order valence-corrected chi connectivity index (χ1v) is 9.25. The lowest BCUT2D eigenvalue weighted by Gasteiger charge is -2.11. The zero-order valence-electron chi connectivity index (χ0n) is 16.9. The molecule has 4 aromatic rings. The summed E-state index contributed by atoms with van der Waals surface area (Å²) in [4.78, 5) is 29.0. The number of anilines is 1. The van der Waals surface area contributed by atoms with Gasteiger partial charge in [-0.05, 0) is 18.2 Å². The molecule has 0 aliphatic carbocycles. The Morgan fingerprint density at radius 2 is 1.94 bits per heavy atom. The average Bonchev–Trinajstić information content (AvgIpc) is 3.36. The summed E-state index contributed by atoms with van der Waals surface area (Å²) in [5.74, 6) is -1.09. The van der Waals surface area contributed by atoms with Gasteiger partial charge in [-0.25, -0.2) is 18.3 Å². The molecule has 32 heavy (non-hydrogen) atoms. The lowest BCUT2D eigenvalue weighted by molar-refractivity contribution is 0.0992. The van der Waals surface area contributed by atoms with Crippen LogP contribution in [0.2, 0.25) is 0 Å². The number of methoxy groups -OCH3 is 1. The number of aromatic nitrogens is 5. The molecule has 0 unspecified atom stereocenters. The van der Waals surface area contributed by atoms with Gasteiger partial charge in [0, 0.05) is 12.6 Å². The maximum Gasteiger partial charge on any atom is 0.280 e. The van der Waals surface area contributed by atoms with Crippen molar-refractivity contribution in [1.29, 1.82) is 0 Å². The number of nitrogens with one attached hydrogen (secondary N) is 1. The molecule has 0 bridgehead atoms. The van der Waals surface area contributed by atoms with Crippen LogP contribution in [0.4, 0.5) is 14.5 Å². The molecule has 0 radical (unpaired) electrons. The zero-order valence-corrected chi connectivity index (χ0v) is 16.9. The van der Waals surface area contributed by atoms with Crippen LogP contribution in [-0.4, -0.2) is 43.3 Å². The number of primary amides is 1. The summed E-state index contributed by atoms with van der Waals surface area (Å²) in [6.07, 6.45) is -0.512. The molecule has 12 heteroatoms. The Bertz CT molecular complexity index is 1350. The van der Waals surface area contributed by atoms with Crippen LogP contribution in [0, 0.1) is 0 Å². The van der Waals surface area contributed by atoms with Crippen molar-refractivity contribution >= 4 is 23.1 Å². The van der Waals surface area contributed by atoms with E-state index in [0.717, 1.165) is 10.7 Å². The van der Waals surface area contributed by atoms with Crippen molar-refractivity contribution in [2.24, 2.45) is 12.8 Å². The van der Waals surface area contributed by atoms with Crippen molar-refractivity contribution in [1.82, 2.24) is 24.4 Å². The summed E-state index contributed by atoms with van der Waals surface area (Å²) in [5.41, 5.74) is 5.41. The molecule has 3 aromatic heterocycles. The van der Waals surface area contributed by atoms with Gasteiger partial charge in [0.1, 0.15) is 22.7 Å². The molecule has 0 fully saturated rings. The molecule has 0 saturated carbocycles. The van der Waals surface area contributed by atoms with Crippen LogP contribution >= 0.6 is 0 Å². The van der Waals surface area contributed by atoms with E-state index in [1.807, 2.05) is 0 Å². The molecule has 3 heterocycles. The molecular weight excluding hydrogens is 424 g/mol. The van der Waals surface area contributed by atoms with Gasteiger partial charge in [0.2, 0.25) is 0 Å². The highest BCUT2D eigenvalue weighted by atomic mass is 19.3. The van der Waals surface area contributed by atoms with E-state index in [-0.39, 0.29) is 28.3 Å². The monoisotopic (exact) mass is 441 g/mol. The molecule has 10 nitrogen and oxygen atoms in total. The van der Waals surface area contributed by atoms with Crippen LogP contribution in [-0.2, 0) is 7.05 Å². The first-order valence-electron chi connectivity index (χ1n) is 9.25. The number of para-hydroxylation sites is 1. The third-order valence-electron chi connectivity index (χ3n) is 4.77. The number of rotatable bonds is 6. The summed E-state index contributed by atoms with van der Waals surface area (Å²) < 4.78 is 35.0. The van der Waals surface area contributed by atoms with Gasteiger partial charge >= 0.3 is 0 Å². The first kappa shape index (κ1) is 20.9. The number of carbonyl (C=O) groups excluding carboxylic acids is 2. The van der Waals surface area contributed by atoms with Crippen LogP contribution in [0.1, 0.15) is 33.0 Å². The topological polar surface area (TPSA) is 129 Å². The Morgan fingerprint density at radius 3 is 2.62 bits per heavy atom. The number of ether oxygens (including phenoxy) is 1. The highest BCUT2D eigenvalue weighted by Crippen LogP contribution is 2.32. The molecule has 0 spiro atoms. The van der Waals surface area contributed by atoms with Gasteiger partial charge in [-0.15, -0.1) is 0 Å². The Hall–Kier alpha value is -4.35. The third-order valence-corrected chi connectivity index (χ3v) is 4.77. The SMILES string of the molecule is COc1ccccc1-c1cc(C(F)F)n2ncc(C(=O)Nc3cnn(C)c3C(N)=O)c2n1. The van der Waals surface area contributed by atoms with E-state index in [4.69, 9.17) is 10.5 Å². The number of amides is 2. The van der Waals surface area contributed by atoms with Crippen LogP contribution < -0.4 is 15.8 Å². The van der Waals surface area contributed by atoms with Gasteiger partial charge in [0.15, 0.2) is 5.65 Å². The van der Waals surface area contributed by atoms with E-state index < -0.39 is 23.9 Å². The van der Waals surface area contributed by atoms with Crippen molar-refractivity contribution in [3.63, 3.8) is 0 Å². The average molecular weight is 441 g/mol. The lowest BCUT2D eigenvalue weighted by atomic mass is 10.1.